The molecule has 0 heterocycles. The van der Waals surface area contributed by atoms with Gasteiger partial charge in [0.1, 0.15) is 5.44 Å². The van der Waals surface area contributed by atoms with E-state index < -0.39 is 0 Å². The highest BCUT2D eigenvalue weighted by Gasteiger charge is 2.03. The minimum atomic E-state index is -0.0421. The summed E-state index contributed by atoms with van der Waals surface area (Å²) in [5, 5.41) is 6.01. The van der Waals surface area contributed by atoms with Crippen molar-refractivity contribution in [1.29, 1.82) is 0 Å². The molecule has 0 bridgehead atoms. The molecule has 0 aromatic rings. The topological polar surface area (TPSA) is 68.8 Å². The highest BCUT2D eigenvalue weighted by Crippen LogP contribution is 2.26. The van der Waals surface area contributed by atoms with Crippen molar-refractivity contribution in [3.8, 4) is 11.8 Å². The molecule has 1 unspecified atom stereocenters. The molecule has 1 amide bonds. The lowest BCUT2D eigenvalue weighted by Crippen LogP contribution is -2.25. The molecule has 6 nitrogen and oxygen atoms in total. The smallest absolute Gasteiger partial charge is 0.223 e. The average Bonchev–Trinajstić information content (AvgIpc) is 2.63. The third-order valence-corrected chi connectivity index (χ3v) is 5.55. The molecule has 0 aliphatic carbocycles. The van der Waals surface area contributed by atoms with E-state index in [2.05, 4.69) is 29.4 Å². The largest absolute Gasteiger partial charge is 0.379 e. The maximum Gasteiger partial charge on any atom is 0.223 e. The first kappa shape index (κ1) is 25.6. The van der Waals surface area contributed by atoms with Gasteiger partial charge in [-0.2, -0.15) is 0 Å². The molecule has 0 spiro atoms. The van der Waals surface area contributed by atoms with Gasteiger partial charge in [0, 0.05) is 25.1 Å². The van der Waals surface area contributed by atoms with E-state index in [9.17, 15) is 4.79 Å². The summed E-state index contributed by atoms with van der Waals surface area (Å²) in [6.45, 7) is 11.1. The highest BCUT2D eigenvalue weighted by molar-refractivity contribution is 8.76. The molecule has 0 radical (unpaired) electrons. The van der Waals surface area contributed by atoms with E-state index in [4.69, 9.17) is 14.2 Å². The number of nitrogens with one attached hydrogen (secondary N) is 2. The summed E-state index contributed by atoms with van der Waals surface area (Å²) in [5.41, 5.74) is 0.155. The molecule has 0 aromatic heterocycles. The van der Waals surface area contributed by atoms with E-state index in [1.807, 2.05) is 24.6 Å². The standard InChI is InChI=1S/C18H34N2O4S2/c1-4-6-7-9-20-18(21)8-11-22-12-13-23-14-15-24-17(3)26-25-16-10-19-5-2/h17,19H,4-5,8-16H2,1-3H3,(H,20,21). The second-order valence-electron chi connectivity index (χ2n) is 5.17. The Balaban J connectivity index is 3.26. The molecule has 8 heteroatoms. The van der Waals surface area contributed by atoms with E-state index in [0.717, 1.165) is 25.3 Å². The maximum atomic E-state index is 11.5. The van der Waals surface area contributed by atoms with Crippen molar-refractivity contribution in [2.24, 2.45) is 0 Å². The Morgan fingerprint density at radius 1 is 1.08 bits per heavy atom. The van der Waals surface area contributed by atoms with Crippen molar-refractivity contribution in [2.75, 3.05) is 58.4 Å². The van der Waals surface area contributed by atoms with Crippen LogP contribution in [0.15, 0.2) is 0 Å². The molecule has 152 valence electrons. The van der Waals surface area contributed by atoms with Crippen LogP contribution in [0, 0.1) is 11.8 Å². The van der Waals surface area contributed by atoms with Crippen LogP contribution in [0.5, 0.6) is 0 Å². The summed E-state index contributed by atoms with van der Waals surface area (Å²) in [5.74, 6) is 6.80. The number of hydrogen-bond donors (Lipinski definition) is 2. The third-order valence-electron chi connectivity index (χ3n) is 2.92. The number of amides is 1. The highest BCUT2D eigenvalue weighted by atomic mass is 33.1. The van der Waals surface area contributed by atoms with Crippen LogP contribution < -0.4 is 10.6 Å². The van der Waals surface area contributed by atoms with Crippen LogP contribution in [0.25, 0.3) is 0 Å². The molecule has 0 saturated carbocycles. The lowest BCUT2D eigenvalue weighted by Gasteiger charge is -2.12. The summed E-state index contributed by atoms with van der Waals surface area (Å²) in [6, 6.07) is 0. The van der Waals surface area contributed by atoms with Gasteiger partial charge in [0.15, 0.2) is 0 Å². The summed E-state index contributed by atoms with van der Waals surface area (Å²) < 4.78 is 16.5. The van der Waals surface area contributed by atoms with Crippen LogP contribution in [0.3, 0.4) is 0 Å². The Morgan fingerprint density at radius 3 is 2.54 bits per heavy atom. The van der Waals surface area contributed by atoms with Gasteiger partial charge in [-0.3, -0.25) is 4.79 Å². The first-order valence-electron chi connectivity index (χ1n) is 9.19. The minimum Gasteiger partial charge on any atom is -0.379 e. The predicted octanol–water partition coefficient (Wildman–Crippen LogP) is 2.29. The minimum absolute atomic E-state index is 0.0421. The average molecular weight is 407 g/mol. The zero-order chi connectivity index (χ0) is 19.3. The van der Waals surface area contributed by atoms with Crippen molar-refractivity contribution in [1.82, 2.24) is 10.6 Å². The predicted molar refractivity (Wildman–Crippen MR) is 111 cm³/mol. The lowest BCUT2D eigenvalue weighted by molar-refractivity contribution is -0.122. The number of hydrogen-bond acceptors (Lipinski definition) is 7. The molecule has 1 atom stereocenters. The van der Waals surface area contributed by atoms with E-state index in [-0.39, 0.29) is 11.3 Å². The van der Waals surface area contributed by atoms with E-state index in [1.165, 1.54) is 0 Å². The zero-order valence-corrected chi connectivity index (χ0v) is 17.9. The van der Waals surface area contributed by atoms with E-state index in [0.29, 0.717) is 46.0 Å². The molecule has 0 fully saturated rings. The van der Waals surface area contributed by atoms with Crippen molar-refractivity contribution >= 4 is 27.5 Å². The Bertz CT molecular complexity index is 389. The molecule has 2 N–H and O–H groups in total. The lowest BCUT2D eigenvalue weighted by atomic mass is 10.4. The van der Waals surface area contributed by atoms with Gasteiger partial charge in [-0.15, -0.1) is 5.92 Å². The van der Waals surface area contributed by atoms with Gasteiger partial charge in [-0.1, -0.05) is 41.4 Å². The Hall–Kier alpha value is -0.430. The maximum absolute atomic E-state index is 11.5. The van der Waals surface area contributed by atoms with Crippen molar-refractivity contribution in [3.05, 3.63) is 0 Å². The normalized spacial score (nSPS) is 11.7. The monoisotopic (exact) mass is 406 g/mol. The number of carbonyl (C=O) groups excluding carboxylic acids is 1. The molecular formula is C18H34N2O4S2. The van der Waals surface area contributed by atoms with Crippen molar-refractivity contribution < 1.29 is 19.0 Å². The van der Waals surface area contributed by atoms with Crippen LogP contribution in [0.2, 0.25) is 0 Å². The number of ether oxygens (including phenoxy) is 3. The fourth-order valence-electron chi connectivity index (χ4n) is 1.64. The van der Waals surface area contributed by atoms with Gasteiger partial charge in [0.2, 0.25) is 5.91 Å². The first-order valence-corrected chi connectivity index (χ1v) is 11.6. The second-order valence-corrected chi connectivity index (χ2v) is 7.95. The van der Waals surface area contributed by atoms with Crippen LogP contribution in [-0.4, -0.2) is 69.8 Å². The quantitative estimate of drug-likeness (QED) is 0.166. The van der Waals surface area contributed by atoms with Gasteiger partial charge >= 0.3 is 0 Å². The van der Waals surface area contributed by atoms with E-state index >= 15 is 0 Å². The van der Waals surface area contributed by atoms with Crippen LogP contribution >= 0.6 is 21.6 Å². The molecule has 0 aromatic carbocycles. The van der Waals surface area contributed by atoms with E-state index in [1.54, 1.807) is 10.8 Å². The van der Waals surface area contributed by atoms with Gasteiger partial charge < -0.3 is 24.8 Å². The van der Waals surface area contributed by atoms with Crippen LogP contribution in [0.1, 0.15) is 33.6 Å². The Kier molecular flexibility index (Phi) is 20.5. The fraction of sp³-hybridized carbons (Fsp3) is 0.833. The third kappa shape index (κ3) is 19.9. The molecule has 0 aliphatic heterocycles. The summed E-state index contributed by atoms with van der Waals surface area (Å²) in [6.07, 6.45) is 1.15. The number of carbonyl (C=O) groups is 1. The van der Waals surface area contributed by atoms with Gasteiger partial charge in [-0.05, 0) is 13.5 Å². The van der Waals surface area contributed by atoms with Crippen molar-refractivity contribution in [3.63, 3.8) is 0 Å². The molecule has 0 saturated heterocycles. The van der Waals surface area contributed by atoms with Crippen LogP contribution in [-0.2, 0) is 19.0 Å². The van der Waals surface area contributed by atoms with Gasteiger partial charge in [0.05, 0.1) is 39.6 Å². The van der Waals surface area contributed by atoms with Gasteiger partial charge in [0.25, 0.3) is 0 Å². The Morgan fingerprint density at radius 2 is 1.81 bits per heavy atom. The van der Waals surface area contributed by atoms with Gasteiger partial charge in [-0.25, -0.2) is 0 Å². The first-order chi connectivity index (χ1) is 12.7. The van der Waals surface area contributed by atoms with Crippen LogP contribution in [0.4, 0.5) is 0 Å². The zero-order valence-electron chi connectivity index (χ0n) is 16.3. The molecule has 0 aliphatic rings. The fourth-order valence-corrected chi connectivity index (χ4v) is 3.59. The molecule has 0 rings (SSSR count). The summed E-state index contributed by atoms with van der Waals surface area (Å²) in [4.78, 5) is 11.5. The Labute approximate surface area is 166 Å². The SMILES string of the molecule is CCC#CCNC(=O)CCOCCOCCOC(C)SSCCNCC. The number of rotatable bonds is 17. The molecular weight excluding hydrogens is 372 g/mol. The second kappa shape index (κ2) is 20.9. The summed E-state index contributed by atoms with van der Waals surface area (Å²) >= 11 is 0. The van der Waals surface area contributed by atoms with Crippen molar-refractivity contribution in [2.45, 2.75) is 39.0 Å². The summed E-state index contributed by atoms with van der Waals surface area (Å²) in [7, 11) is 3.56. The molecule has 26 heavy (non-hydrogen) atoms.